The number of thiazole rings is 1. The molecule has 3 heterocycles. The molecule has 0 fully saturated rings. The number of nitrogens with zero attached hydrogens (tertiary/aromatic N) is 3. The second-order valence-electron chi connectivity index (χ2n) is 4.26. The summed E-state index contributed by atoms with van der Waals surface area (Å²) in [6.07, 6.45) is 4.68. The predicted molar refractivity (Wildman–Crippen MR) is 77.8 cm³/mol. The number of aryl methyl sites for hydroxylation is 1. The molecule has 0 aliphatic carbocycles. The van der Waals surface area contributed by atoms with E-state index in [1.807, 2.05) is 19.1 Å². The number of amides is 1. The molecule has 0 saturated heterocycles. The third-order valence-corrected chi connectivity index (χ3v) is 3.97. The summed E-state index contributed by atoms with van der Waals surface area (Å²) in [6, 6.07) is 5.35. The van der Waals surface area contributed by atoms with Gasteiger partial charge in [-0.3, -0.25) is 4.79 Å². The van der Waals surface area contributed by atoms with Crippen molar-refractivity contribution >= 4 is 17.2 Å². The fraction of sp³-hybridized carbons (Fsp3) is 0.143. The Morgan fingerprint density at radius 1 is 1.33 bits per heavy atom. The zero-order valence-corrected chi connectivity index (χ0v) is 12.1. The molecule has 0 aliphatic rings. The zero-order chi connectivity index (χ0) is 14.7. The third-order valence-electron chi connectivity index (χ3n) is 2.80. The van der Waals surface area contributed by atoms with E-state index in [0.29, 0.717) is 6.54 Å². The van der Waals surface area contributed by atoms with Gasteiger partial charge in [0.2, 0.25) is 5.82 Å². The molecule has 0 radical (unpaired) electrons. The van der Waals surface area contributed by atoms with Crippen molar-refractivity contribution in [3.8, 4) is 10.8 Å². The minimum absolute atomic E-state index is 0.158. The van der Waals surface area contributed by atoms with Gasteiger partial charge >= 0.3 is 0 Å². The van der Waals surface area contributed by atoms with Gasteiger partial charge in [0.05, 0.1) is 18.5 Å². The van der Waals surface area contributed by atoms with Gasteiger partial charge in [-0.1, -0.05) is 0 Å². The van der Waals surface area contributed by atoms with Gasteiger partial charge in [-0.25, -0.2) is 15.0 Å². The highest BCUT2D eigenvalue weighted by Crippen LogP contribution is 2.28. The second-order valence-corrected chi connectivity index (χ2v) is 5.34. The first-order chi connectivity index (χ1) is 10.2. The van der Waals surface area contributed by atoms with E-state index in [1.165, 1.54) is 23.7 Å². The van der Waals surface area contributed by atoms with Crippen molar-refractivity contribution in [3.05, 3.63) is 53.3 Å². The Bertz CT molecular complexity index is 738. The smallest absolute Gasteiger partial charge is 0.289 e. The van der Waals surface area contributed by atoms with Gasteiger partial charge in [0.15, 0.2) is 10.8 Å². The number of hydrogen-bond acceptors (Lipinski definition) is 6. The van der Waals surface area contributed by atoms with Crippen LogP contribution in [0.5, 0.6) is 0 Å². The molecule has 0 aromatic carbocycles. The van der Waals surface area contributed by atoms with Crippen molar-refractivity contribution in [1.29, 1.82) is 0 Å². The van der Waals surface area contributed by atoms with Gasteiger partial charge in [-0.2, -0.15) is 0 Å². The molecular weight excluding hydrogens is 288 g/mol. The van der Waals surface area contributed by atoms with Crippen LogP contribution in [0.25, 0.3) is 10.8 Å². The first-order valence-corrected chi connectivity index (χ1v) is 7.11. The molecule has 3 aromatic rings. The second kappa shape index (κ2) is 5.84. The van der Waals surface area contributed by atoms with Crippen LogP contribution in [0.2, 0.25) is 0 Å². The number of furan rings is 1. The molecule has 6 nitrogen and oxygen atoms in total. The van der Waals surface area contributed by atoms with E-state index in [0.717, 1.165) is 21.3 Å². The topological polar surface area (TPSA) is 80.9 Å². The van der Waals surface area contributed by atoms with Crippen molar-refractivity contribution < 1.29 is 9.21 Å². The SMILES string of the molecule is Cc1nc(-c2ccco2)sc1CNC(=O)c1ncccn1. The zero-order valence-electron chi connectivity index (χ0n) is 11.2. The van der Waals surface area contributed by atoms with E-state index in [1.54, 1.807) is 12.3 Å². The van der Waals surface area contributed by atoms with Crippen molar-refractivity contribution in [2.45, 2.75) is 13.5 Å². The quantitative estimate of drug-likeness (QED) is 0.800. The van der Waals surface area contributed by atoms with Crippen LogP contribution < -0.4 is 5.32 Å². The van der Waals surface area contributed by atoms with E-state index < -0.39 is 0 Å². The van der Waals surface area contributed by atoms with Crippen LogP contribution >= 0.6 is 11.3 Å². The lowest BCUT2D eigenvalue weighted by molar-refractivity contribution is 0.0941. The molecule has 21 heavy (non-hydrogen) atoms. The Balaban J connectivity index is 1.70. The van der Waals surface area contributed by atoms with Crippen LogP contribution in [0.1, 0.15) is 21.2 Å². The maximum atomic E-state index is 11.9. The minimum Gasteiger partial charge on any atom is -0.462 e. The highest BCUT2D eigenvalue weighted by Gasteiger charge is 2.13. The normalized spacial score (nSPS) is 10.5. The Morgan fingerprint density at radius 3 is 2.86 bits per heavy atom. The molecular formula is C14H12N4O2S. The number of rotatable bonds is 4. The van der Waals surface area contributed by atoms with Crippen molar-refractivity contribution in [3.63, 3.8) is 0 Å². The first kappa shape index (κ1) is 13.4. The summed E-state index contributed by atoms with van der Waals surface area (Å²) in [4.78, 5) is 25.1. The molecule has 3 rings (SSSR count). The Morgan fingerprint density at radius 2 is 2.14 bits per heavy atom. The average molecular weight is 300 g/mol. The summed E-state index contributed by atoms with van der Waals surface area (Å²) in [7, 11) is 0. The highest BCUT2D eigenvalue weighted by atomic mass is 32.1. The largest absolute Gasteiger partial charge is 0.462 e. The number of carbonyl (C=O) groups excluding carboxylic acids is 1. The van der Waals surface area contributed by atoms with Gasteiger partial charge < -0.3 is 9.73 Å². The molecule has 106 valence electrons. The number of aromatic nitrogens is 3. The maximum Gasteiger partial charge on any atom is 0.289 e. The van der Waals surface area contributed by atoms with Crippen molar-refractivity contribution in [2.75, 3.05) is 0 Å². The molecule has 3 aromatic heterocycles. The molecule has 0 unspecified atom stereocenters. The summed E-state index contributed by atoms with van der Waals surface area (Å²) in [5.74, 6) is 0.584. The van der Waals surface area contributed by atoms with Gasteiger partial charge in [-0.15, -0.1) is 11.3 Å². The van der Waals surface area contributed by atoms with E-state index in [2.05, 4.69) is 20.3 Å². The summed E-state index contributed by atoms with van der Waals surface area (Å²) in [5, 5.41) is 3.59. The lowest BCUT2D eigenvalue weighted by atomic mass is 10.4. The van der Waals surface area contributed by atoms with Crippen molar-refractivity contribution in [1.82, 2.24) is 20.3 Å². The first-order valence-electron chi connectivity index (χ1n) is 6.29. The molecule has 0 bridgehead atoms. The van der Waals surface area contributed by atoms with Crippen LogP contribution in [0.15, 0.2) is 41.3 Å². The third kappa shape index (κ3) is 2.97. The van der Waals surface area contributed by atoms with Crippen LogP contribution in [0.3, 0.4) is 0 Å². The number of nitrogens with one attached hydrogen (secondary N) is 1. The van der Waals surface area contributed by atoms with Crippen LogP contribution in [0.4, 0.5) is 0 Å². The molecule has 1 amide bonds. The monoisotopic (exact) mass is 300 g/mol. The van der Waals surface area contributed by atoms with Crippen molar-refractivity contribution in [2.24, 2.45) is 0 Å². The molecule has 0 aliphatic heterocycles. The number of carbonyl (C=O) groups is 1. The fourth-order valence-electron chi connectivity index (χ4n) is 1.75. The van der Waals surface area contributed by atoms with Gasteiger partial charge in [-0.05, 0) is 25.1 Å². The lowest BCUT2D eigenvalue weighted by Gasteiger charge is -2.02. The van der Waals surface area contributed by atoms with Gasteiger partial charge in [0.25, 0.3) is 5.91 Å². The molecule has 0 saturated carbocycles. The highest BCUT2D eigenvalue weighted by molar-refractivity contribution is 7.15. The molecule has 0 atom stereocenters. The Labute approximate surface area is 124 Å². The van der Waals surface area contributed by atoms with Gasteiger partial charge in [0, 0.05) is 17.3 Å². The number of hydrogen-bond donors (Lipinski definition) is 1. The summed E-state index contributed by atoms with van der Waals surface area (Å²) < 4.78 is 5.32. The van der Waals surface area contributed by atoms with E-state index in [9.17, 15) is 4.79 Å². The fourth-order valence-corrected chi connectivity index (χ4v) is 2.72. The summed E-state index contributed by atoms with van der Waals surface area (Å²) in [5.41, 5.74) is 0.876. The maximum absolute atomic E-state index is 11.9. The minimum atomic E-state index is -0.303. The van der Waals surface area contributed by atoms with Crippen LogP contribution in [0, 0.1) is 6.92 Å². The Hall–Kier alpha value is -2.54. The van der Waals surface area contributed by atoms with Crippen LogP contribution in [-0.4, -0.2) is 20.9 Å². The molecule has 1 N–H and O–H groups in total. The predicted octanol–water partition coefficient (Wildman–Crippen LogP) is 2.43. The van der Waals surface area contributed by atoms with E-state index in [-0.39, 0.29) is 11.7 Å². The van der Waals surface area contributed by atoms with Gasteiger partial charge in [0.1, 0.15) is 0 Å². The summed E-state index contributed by atoms with van der Waals surface area (Å²) in [6.45, 7) is 2.30. The lowest BCUT2D eigenvalue weighted by Crippen LogP contribution is -2.24. The molecule has 7 heteroatoms. The van der Waals surface area contributed by atoms with Crippen LogP contribution in [-0.2, 0) is 6.54 Å². The summed E-state index contributed by atoms with van der Waals surface area (Å²) >= 11 is 1.49. The van der Waals surface area contributed by atoms with E-state index in [4.69, 9.17) is 4.42 Å². The van der Waals surface area contributed by atoms with E-state index >= 15 is 0 Å². The molecule has 0 spiro atoms. The standard InChI is InChI=1S/C14H12N4O2S/c1-9-11(21-14(18-9)10-4-2-7-20-10)8-17-13(19)12-15-5-3-6-16-12/h2-7H,8H2,1H3,(H,17,19). The Kier molecular flexibility index (Phi) is 3.74. The average Bonchev–Trinajstić information content (AvgIpc) is 3.15.